The lowest BCUT2D eigenvalue weighted by Gasteiger charge is -2.13. The summed E-state index contributed by atoms with van der Waals surface area (Å²) in [5, 5.41) is 0. The summed E-state index contributed by atoms with van der Waals surface area (Å²) in [5.74, 6) is 0.516. The molecular formula is C17H37O3P. The number of unbranched alkanes of at least 4 members (excludes halogenated alkanes) is 9. The molecule has 0 radical (unpaired) electrons. The molecule has 0 aliphatic carbocycles. The van der Waals surface area contributed by atoms with Gasteiger partial charge in [-0.15, -0.1) is 0 Å². The maximum atomic E-state index is 11.8. The minimum atomic E-state index is -3.32. The average molecular weight is 320 g/mol. The number of rotatable bonds is 15. The highest BCUT2D eigenvalue weighted by molar-refractivity contribution is 7.52. The van der Waals surface area contributed by atoms with E-state index in [4.69, 9.17) is 4.52 Å². The first-order valence-electron chi connectivity index (χ1n) is 8.94. The largest absolute Gasteiger partial charge is 0.328 e. The van der Waals surface area contributed by atoms with Crippen LogP contribution in [0.2, 0.25) is 0 Å². The third-order valence-corrected chi connectivity index (χ3v) is 5.25. The van der Waals surface area contributed by atoms with Crippen LogP contribution in [0.25, 0.3) is 0 Å². The third-order valence-electron chi connectivity index (χ3n) is 3.78. The fraction of sp³-hybridized carbons (Fsp3) is 1.00. The van der Waals surface area contributed by atoms with Gasteiger partial charge in [0.15, 0.2) is 0 Å². The predicted molar refractivity (Wildman–Crippen MR) is 91.9 cm³/mol. The van der Waals surface area contributed by atoms with E-state index in [1.165, 1.54) is 51.4 Å². The van der Waals surface area contributed by atoms with Crippen LogP contribution in [-0.4, -0.2) is 17.7 Å². The van der Waals surface area contributed by atoms with Crippen molar-refractivity contribution in [3.63, 3.8) is 0 Å². The molecule has 0 rings (SSSR count). The molecule has 0 spiro atoms. The van der Waals surface area contributed by atoms with Gasteiger partial charge < -0.3 is 9.42 Å². The Kier molecular flexibility index (Phi) is 13.9. The van der Waals surface area contributed by atoms with Crippen LogP contribution >= 0.6 is 7.60 Å². The van der Waals surface area contributed by atoms with Gasteiger partial charge >= 0.3 is 7.60 Å². The fourth-order valence-electron chi connectivity index (χ4n) is 2.29. The highest BCUT2D eigenvalue weighted by Crippen LogP contribution is 2.43. The molecule has 3 nitrogen and oxygen atoms in total. The summed E-state index contributed by atoms with van der Waals surface area (Å²) in [6.07, 6.45) is 13.5. The van der Waals surface area contributed by atoms with E-state index in [1.54, 1.807) is 0 Å². The van der Waals surface area contributed by atoms with Crippen LogP contribution in [0.15, 0.2) is 0 Å². The molecule has 1 atom stereocenters. The van der Waals surface area contributed by atoms with Crippen molar-refractivity contribution in [1.29, 1.82) is 0 Å². The molecule has 0 amide bonds. The Bertz CT molecular complexity index is 267. The Balaban J connectivity index is 3.34. The number of hydrogen-bond acceptors (Lipinski definition) is 2. The van der Waals surface area contributed by atoms with Gasteiger partial charge in [-0.25, -0.2) is 0 Å². The zero-order valence-corrected chi connectivity index (χ0v) is 15.4. The third kappa shape index (κ3) is 16.3. The topological polar surface area (TPSA) is 46.5 Å². The lowest BCUT2D eigenvalue weighted by atomic mass is 10.1. The Morgan fingerprint density at radius 1 is 0.905 bits per heavy atom. The summed E-state index contributed by atoms with van der Waals surface area (Å²) in [6.45, 7) is 6.83. The van der Waals surface area contributed by atoms with E-state index >= 15 is 0 Å². The second-order valence-corrected chi connectivity index (χ2v) is 8.54. The molecule has 0 fully saturated rings. The van der Waals surface area contributed by atoms with Crippen molar-refractivity contribution in [1.82, 2.24) is 0 Å². The van der Waals surface area contributed by atoms with E-state index in [1.807, 2.05) is 0 Å². The molecule has 0 bridgehead atoms. The zero-order chi connectivity index (χ0) is 16.0. The average Bonchev–Trinajstić information content (AvgIpc) is 2.40. The fourth-order valence-corrected chi connectivity index (χ4v) is 3.44. The second kappa shape index (κ2) is 13.8. The van der Waals surface area contributed by atoms with Gasteiger partial charge in [0.05, 0.1) is 6.61 Å². The van der Waals surface area contributed by atoms with Crippen molar-refractivity contribution >= 4 is 7.60 Å². The highest BCUT2D eigenvalue weighted by Gasteiger charge is 2.18. The first-order valence-corrected chi connectivity index (χ1v) is 10.7. The maximum Gasteiger partial charge on any atom is 0.328 e. The minimum Gasteiger partial charge on any atom is -0.324 e. The normalized spacial score (nSPS) is 14.5. The van der Waals surface area contributed by atoms with Crippen molar-refractivity contribution in [2.45, 2.75) is 91.4 Å². The van der Waals surface area contributed by atoms with E-state index in [2.05, 4.69) is 20.8 Å². The van der Waals surface area contributed by atoms with Gasteiger partial charge in [-0.2, -0.15) is 0 Å². The molecule has 0 aromatic rings. The van der Waals surface area contributed by atoms with Crippen molar-refractivity contribution in [3.05, 3.63) is 0 Å². The first kappa shape index (κ1) is 21.1. The molecule has 21 heavy (non-hydrogen) atoms. The van der Waals surface area contributed by atoms with E-state index < -0.39 is 7.60 Å². The molecule has 128 valence electrons. The number of hydrogen-bond donors (Lipinski definition) is 1. The molecule has 0 aliphatic rings. The smallest absolute Gasteiger partial charge is 0.324 e. The molecule has 0 aliphatic heterocycles. The van der Waals surface area contributed by atoms with Crippen LogP contribution in [0.5, 0.6) is 0 Å². The quantitative estimate of drug-likeness (QED) is 0.290. The van der Waals surface area contributed by atoms with Crippen molar-refractivity contribution in [2.24, 2.45) is 5.92 Å². The standard InChI is InChI=1S/C17H37O3P/c1-4-5-6-7-8-9-10-11-12-13-16-21(18,19)20-15-14-17(2)3/h17H,4-16H2,1-3H3,(H,18,19). The predicted octanol–water partition coefficient (Wildman–Crippen LogP) is 6.16. The van der Waals surface area contributed by atoms with Crippen molar-refractivity contribution in [3.8, 4) is 0 Å². The SMILES string of the molecule is CCCCCCCCCCCCP(=O)(O)OCCC(C)C. The molecular weight excluding hydrogens is 283 g/mol. The van der Waals surface area contributed by atoms with Gasteiger partial charge in [0, 0.05) is 6.16 Å². The van der Waals surface area contributed by atoms with Crippen LogP contribution in [0.1, 0.15) is 91.4 Å². The summed E-state index contributed by atoms with van der Waals surface area (Å²) in [4.78, 5) is 9.68. The van der Waals surface area contributed by atoms with E-state index in [0.29, 0.717) is 18.7 Å². The van der Waals surface area contributed by atoms with Crippen molar-refractivity contribution in [2.75, 3.05) is 12.8 Å². The Hall–Kier alpha value is 0.150. The summed E-state index contributed by atoms with van der Waals surface area (Å²) < 4.78 is 16.9. The lowest BCUT2D eigenvalue weighted by molar-refractivity contribution is 0.243. The van der Waals surface area contributed by atoms with Gasteiger partial charge in [-0.1, -0.05) is 78.6 Å². The van der Waals surface area contributed by atoms with Gasteiger partial charge in [0.2, 0.25) is 0 Å². The molecule has 0 saturated carbocycles. The molecule has 1 N–H and O–H groups in total. The minimum absolute atomic E-state index is 0.321. The first-order chi connectivity index (χ1) is 9.98. The van der Waals surface area contributed by atoms with Gasteiger partial charge in [0.1, 0.15) is 0 Å². The van der Waals surface area contributed by atoms with E-state index in [9.17, 15) is 9.46 Å². The molecule has 1 unspecified atom stereocenters. The summed E-state index contributed by atoms with van der Waals surface area (Å²) >= 11 is 0. The molecule has 0 heterocycles. The lowest BCUT2D eigenvalue weighted by Crippen LogP contribution is -2.00. The highest BCUT2D eigenvalue weighted by atomic mass is 31.2. The van der Waals surface area contributed by atoms with Crippen molar-refractivity contribution < 1.29 is 14.0 Å². The van der Waals surface area contributed by atoms with E-state index in [0.717, 1.165) is 19.3 Å². The summed E-state index contributed by atoms with van der Waals surface area (Å²) in [6, 6.07) is 0. The molecule has 4 heteroatoms. The van der Waals surface area contributed by atoms with Crippen LogP contribution in [0.3, 0.4) is 0 Å². The molecule has 0 aromatic heterocycles. The Morgan fingerprint density at radius 3 is 1.86 bits per heavy atom. The Morgan fingerprint density at radius 2 is 1.38 bits per heavy atom. The van der Waals surface area contributed by atoms with Gasteiger partial charge in [-0.3, -0.25) is 4.57 Å². The van der Waals surface area contributed by atoms with Crippen LogP contribution in [0, 0.1) is 5.92 Å². The van der Waals surface area contributed by atoms with E-state index in [-0.39, 0.29) is 0 Å². The van der Waals surface area contributed by atoms with Crippen LogP contribution in [-0.2, 0) is 9.09 Å². The molecule has 0 saturated heterocycles. The zero-order valence-electron chi connectivity index (χ0n) is 14.5. The van der Waals surface area contributed by atoms with Crippen LogP contribution in [0.4, 0.5) is 0 Å². The Labute approximate surface area is 132 Å². The molecule has 0 aromatic carbocycles. The van der Waals surface area contributed by atoms with Crippen LogP contribution < -0.4 is 0 Å². The van der Waals surface area contributed by atoms with Gasteiger partial charge in [-0.05, 0) is 18.8 Å². The monoisotopic (exact) mass is 320 g/mol. The maximum absolute atomic E-state index is 11.8. The summed E-state index contributed by atoms with van der Waals surface area (Å²) in [7, 11) is -3.32. The van der Waals surface area contributed by atoms with Gasteiger partial charge in [0.25, 0.3) is 0 Å². The second-order valence-electron chi connectivity index (χ2n) is 6.56. The summed E-state index contributed by atoms with van der Waals surface area (Å²) in [5.41, 5.74) is 0.